The Kier molecular flexibility index (Phi) is 16.3. The lowest BCUT2D eigenvalue weighted by Crippen LogP contribution is -2.16. The molecule has 4 heterocycles. The SMILES string of the molecule is C.C.Cc1nn(-c2nccs2)cc1-c1ccc(NC(=O)c2c(F)cccc2F)cc1F.Cc1nn(-c2nccs2)cc1-c1ccc(NCc2c(F)cccc2F)cc1F.[B]C. The van der Waals surface area contributed by atoms with E-state index in [1.165, 1.54) is 65.9 Å². The van der Waals surface area contributed by atoms with Gasteiger partial charge in [-0.15, -0.1) is 22.7 Å². The predicted molar refractivity (Wildman–Crippen MR) is 232 cm³/mol. The molecule has 314 valence electrons. The number of aromatic nitrogens is 6. The molecule has 1 amide bonds. The largest absolute Gasteiger partial charge is 0.381 e. The van der Waals surface area contributed by atoms with Gasteiger partial charge in [0, 0.05) is 81.3 Å². The second kappa shape index (κ2) is 21.1. The third kappa shape index (κ3) is 10.8. The maximum atomic E-state index is 14.7. The van der Waals surface area contributed by atoms with Crippen molar-refractivity contribution in [3.05, 3.63) is 166 Å². The van der Waals surface area contributed by atoms with Crippen LogP contribution in [-0.4, -0.2) is 43.3 Å². The Morgan fingerprint density at radius 2 is 1.07 bits per heavy atom. The summed E-state index contributed by atoms with van der Waals surface area (Å²) in [5.41, 5.74) is 2.84. The van der Waals surface area contributed by atoms with E-state index in [0.29, 0.717) is 44.0 Å². The quantitative estimate of drug-likeness (QED) is 0.111. The molecule has 0 unspecified atom stereocenters. The molecule has 8 rings (SSSR count). The van der Waals surface area contributed by atoms with Crippen LogP contribution in [0.3, 0.4) is 0 Å². The van der Waals surface area contributed by atoms with Crippen LogP contribution in [0.1, 0.15) is 42.2 Å². The summed E-state index contributed by atoms with van der Waals surface area (Å²) >= 11 is 2.82. The Morgan fingerprint density at radius 3 is 1.51 bits per heavy atom. The number of carbonyl (C=O) groups is 1. The lowest BCUT2D eigenvalue weighted by atomic mass is 10.1. The van der Waals surface area contributed by atoms with E-state index in [-0.39, 0.29) is 38.2 Å². The Morgan fingerprint density at radius 1 is 0.623 bits per heavy atom. The fourth-order valence-electron chi connectivity index (χ4n) is 5.76. The fourth-order valence-corrected chi connectivity index (χ4v) is 6.89. The number of nitrogens with one attached hydrogen (secondary N) is 2. The third-order valence-electron chi connectivity index (χ3n) is 8.53. The van der Waals surface area contributed by atoms with Crippen LogP contribution in [0.25, 0.3) is 32.5 Å². The van der Waals surface area contributed by atoms with Crippen molar-refractivity contribution in [1.82, 2.24) is 29.5 Å². The van der Waals surface area contributed by atoms with Crippen LogP contribution in [0.5, 0.6) is 0 Å². The first-order chi connectivity index (χ1) is 28.5. The molecular formula is C43H39BF6N8OS2. The Balaban J connectivity index is 0.000000250. The molecule has 0 saturated heterocycles. The second-order valence-electron chi connectivity index (χ2n) is 12.3. The van der Waals surface area contributed by atoms with Crippen molar-refractivity contribution >= 4 is 47.8 Å². The van der Waals surface area contributed by atoms with Crippen molar-refractivity contribution in [3.63, 3.8) is 0 Å². The van der Waals surface area contributed by atoms with E-state index >= 15 is 0 Å². The fraction of sp³-hybridized carbons (Fsp3) is 0.140. The third-order valence-corrected chi connectivity index (χ3v) is 10.0. The number of aryl methyl sites for hydroxylation is 2. The number of amides is 1. The summed E-state index contributed by atoms with van der Waals surface area (Å²) in [6.07, 6.45) is 6.72. The van der Waals surface area contributed by atoms with Gasteiger partial charge in [-0.2, -0.15) is 10.2 Å². The van der Waals surface area contributed by atoms with Gasteiger partial charge in [0.1, 0.15) is 40.5 Å². The highest BCUT2D eigenvalue weighted by Crippen LogP contribution is 2.31. The van der Waals surface area contributed by atoms with Gasteiger partial charge in [-0.05, 0) is 74.5 Å². The molecule has 0 aliphatic heterocycles. The van der Waals surface area contributed by atoms with Crippen LogP contribution in [-0.2, 0) is 6.54 Å². The number of nitrogens with zero attached hydrogens (tertiary/aromatic N) is 6. The molecule has 0 aliphatic rings. The molecule has 0 saturated carbocycles. The normalized spacial score (nSPS) is 10.3. The van der Waals surface area contributed by atoms with Crippen molar-refractivity contribution in [1.29, 1.82) is 0 Å². The average molecular weight is 873 g/mol. The zero-order chi connectivity index (χ0) is 42.2. The zero-order valence-corrected chi connectivity index (χ0v) is 33.0. The summed E-state index contributed by atoms with van der Waals surface area (Å²) in [5.74, 6) is -5.35. The van der Waals surface area contributed by atoms with Gasteiger partial charge in [-0.1, -0.05) is 33.8 Å². The number of hydrogen-bond donors (Lipinski definition) is 2. The number of hydrogen-bond acceptors (Lipinski definition) is 8. The molecule has 0 spiro atoms. The highest BCUT2D eigenvalue weighted by Gasteiger charge is 2.20. The molecular weight excluding hydrogens is 833 g/mol. The molecule has 61 heavy (non-hydrogen) atoms. The highest BCUT2D eigenvalue weighted by molar-refractivity contribution is 7.12. The number of anilines is 2. The van der Waals surface area contributed by atoms with Crippen LogP contribution >= 0.6 is 22.7 Å². The van der Waals surface area contributed by atoms with Crippen molar-refractivity contribution in [2.45, 2.75) is 42.1 Å². The van der Waals surface area contributed by atoms with Crippen molar-refractivity contribution in [2.24, 2.45) is 0 Å². The number of carbonyl (C=O) groups excluding carboxylic acids is 1. The van der Waals surface area contributed by atoms with Crippen molar-refractivity contribution < 1.29 is 31.1 Å². The van der Waals surface area contributed by atoms with Gasteiger partial charge in [0.25, 0.3) is 5.91 Å². The first-order valence-electron chi connectivity index (χ1n) is 17.5. The van der Waals surface area contributed by atoms with E-state index in [0.717, 1.165) is 24.3 Å². The van der Waals surface area contributed by atoms with Crippen LogP contribution in [0.4, 0.5) is 37.7 Å². The zero-order valence-electron chi connectivity index (χ0n) is 31.4. The second-order valence-corrected chi connectivity index (χ2v) is 14.0. The van der Waals surface area contributed by atoms with Gasteiger partial charge in [0.2, 0.25) is 10.3 Å². The summed E-state index contributed by atoms with van der Waals surface area (Å²) in [6, 6.07) is 15.4. The van der Waals surface area contributed by atoms with Gasteiger partial charge in [-0.3, -0.25) is 4.79 Å². The first kappa shape index (κ1) is 47.2. The Hall–Kier alpha value is -6.53. The molecule has 4 aromatic heterocycles. The molecule has 18 heteroatoms. The molecule has 2 radical (unpaired) electrons. The lowest BCUT2D eigenvalue weighted by molar-refractivity contribution is 0.101. The molecule has 0 fully saturated rings. The summed E-state index contributed by atoms with van der Waals surface area (Å²) in [6.45, 7) is 4.96. The Bertz CT molecular complexity index is 2670. The van der Waals surface area contributed by atoms with Gasteiger partial charge >= 0.3 is 0 Å². The van der Waals surface area contributed by atoms with E-state index in [4.69, 9.17) is 0 Å². The standard InChI is InChI=1S/C20H13F3N4OS.C20H15F3N4S.CH3B.2CH4/c1-11-14(10-27(26-11)20-24-7-8-29-20)13-6-5-12(9-17(13)23)25-19(28)18-15(21)3-2-4-16(18)22;1-12-16(11-27(26-12)20-24-7-8-28-20)14-6-5-13(9-19(14)23)25-10-15-17(21)3-2-4-18(15)22;1-2;;/h2-10H,1H3,(H,25,28);2-9,11,25H,10H2,1H3;1H3;2*1H4. The van der Waals surface area contributed by atoms with Gasteiger partial charge in [0.15, 0.2) is 0 Å². The molecule has 8 aromatic rings. The number of rotatable bonds is 9. The molecule has 0 atom stereocenters. The van der Waals surface area contributed by atoms with E-state index < -0.39 is 46.4 Å². The monoisotopic (exact) mass is 872 g/mol. The number of halogens is 6. The minimum atomic E-state index is -1.000. The minimum absolute atomic E-state index is 0. The van der Waals surface area contributed by atoms with Crippen molar-refractivity contribution in [2.75, 3.05) is 10.6 Å². The molecule has 0 bridgehead atoms. The maximum absolute atomic E-state index is 14.7. The van der Waals surface area contributed by atoms with E-state index in [1.54, 1.807) is 60.1 Å². The van der Waals surface area contributed by atoms with Gasteiger partial charge in [-0.25, -0.2) is 45.7 Å². The summed E-state index contributed by atoms with van der Waals surface area (Å²) in [5, 5.41) is 18.9. The van der Waals surface area contributed by atoms with Gasteiger partial charge in [0.05, 0.1) is 19.2 Å². The van der Waals surface area contributed by atoms with E-state index in [9.17, 15) is 31.1 Å². The number of benzene rings is 4. The molecule has 0 aliphatic carbocycles. The Labute approximate surface area is 358 Å². The lowest BCUT2D eigenvalue weighted by Gasteiger charge is -2.10. The molecule has 9 nitrogen and oxygen atoms in total. The van der Waals surface area contributed by atoms with E-state index in [1.807, 2.05) is 10.8 Å². The predicted octanol–water partition coefficient (Wildman–Crippen LogP) is 11.8. The van der Waals surface area contributed by atoms with Crippen LogP contribution < -0.4 is 10.6 Å². The minimum Gasteiger partial charge on any atom is -0.381 e. The number of thiazole rings is 2. The summed E-state index contributed by atoms with van der Waals surface area (Å²) in [4.78, 5) is 20.5. The average Bonchev–Trinajstić information content (AvgIpc) is 4.05. The maximum Gasteiger partial charge on any atom is 0.261 e. The molecule has 4 aromatic carbocycles. The topological polar surface area (TPSA) is 103 Å². The summed E-state index contributed by atoms with van der Waals surface area (Å²) < 4.78 is 87.5. The highest BCUT2D eigenvalue weighted by atomic mass is 32.1. The van der Waals surface area contributed by atoms with Crippen LogP contribution in [0.2, 0.25) is 6.82 Å². The smallest absolute Gasteiger partial charge is 0.261 e. The van der Waals surface area contributed by atoms with Crippen LogP contribution in [0, 0.1) is 48.8 Å². The first-order valence-corrected chi connectivity index (χ1v) is 19.2. The van der Waals surface area contributed by atoms with Gasteiger partial charge < -0.3 is 10.6 Å². The molecule has 2 N–H and O–H groups in total. The van der Waals surface area contributed by atoms with Crippen molar-refractivity contribution in [3.8, 4) is 32.5 Å². The van der Waals surface area contributed by atoms with E-state index in [2.05, 4.69) is 38.6 Å². The van der Waals surface area contributed by atoms with Crippen LogP contribution in [0.15, 0.2) is 108 Å². The summed E-state index contributed by atoms with van der Waals surface area (Å²) in [7, 11) is 4.50.